The second-order valence-corrected chi connectivity index (χ2v) is 5.26. The molecular weight excluding hydrogens is 265 g/mol. The van der Waals surface area contributed by atoms with Crippen molar-refractivity contribution in [2.45, 2.75) is 32.4 Å². The van der Waals surface area contributed by atoms with Gasteiger partial charge in [-0.1, -0.05) is 49.7 Å². The van der Waals surface area contributed by atoms with Crippen molar-refractivity contribution in [3.05, 3.63) is 71.0 Å². The van der Waals surface area contributed by atoms with Gasteiger partial charge in [-0.25, -0.2) is 4.39 Å². The lowest BCUT2D eigenvalue weighted by atomic mass is 10.0. The van der Waals surface area contributed by atoms with Gasteiger partial charge in [-0.05, 0) is 35.2 Å². The van der Waals surface area contributed by atoms with Crippen LogP contribution in [0.25, 0.3) is 0 Å². The number of aliphatic hydroxyl groups is 1. The van der Waals surface area contributed by atoms with E-state index >= 15 is 0 Å². The van der Waals surface area contributed by atoms with Gasteiger partial charge < -0.3 is 10.4 Å². The van der Waals surface area contributed by atoms with Gasteiger partial charge in [-0.15, -0.1) is 0 Å². The van der Waals surface area contributed by atoms with Crippen molar-refractivity contribution in [1.29, 1.82) is 0 Å². The molecule has 0 radical (unpaired) electrons. The Balaban J connectivity index is 1.81. The number of hydrogen-bond donors (Lipinski definition) is 2. The van der Waals surface area contributed by atoms with Gasteiger partial charge >= 0.3 is 0 Å². The van der Waals surface area contributed by atoms with E-state index in [4.69, 9.17) is 0 Å². The SMILES string of the molecule is CCCc1ccc(C(O)CNCc2ccc(F)cc2)cc1. The molecule has 21 heavy (non-hydrogen) atoms. The first-order valence-electron chi connectivity index (χ1n) is 7.41. The number of benzene rings is 2. The van der Waals surface area contributed by atoms with Gasteiger partial charge in [0.25, 0.3) is 0 Å². The van der Waals surface area contributed by atoms with E-state index in [2.05, 4.69) is 24.4 Å². The summed E-state index contributed by atoms with van der Waals surface area (Å²) in [5.41, 5.74) is 3.22. The van der Waals surface area contributed by atoms with Crippen LogP contribution in [-0.2, 0) is 13.0 Å². The normalized spacial score (nSPS) is 12.3. The third-order valence-electron chi connectivity index (χ3n) is 3.48. The largest absolute Gasteiger partial charge is 0.387 e. The van der Waals surface area contributed by atoms with Crippen LogP contribution in [0.1, 0.15) is 36.1 Å². The molecule has 2 nitrogen and oxygen atoms in total. The molecule has 0 amide bonds. The zero-order valence-electron chi connectivity index (χ0n) is 12.3. The Bertz CT molecular complexity index is 536. The smallest absolute Gasteiger partial charge is 0.123 e. The highest BCUT2D eigenvalue weighted by Gasteiger charge is 2.06. The maximum Gasteiger partial charge on any atom is 0.123 e. The fourth-order valence-electron chi connectivity index (χ4n) is 2.27. The zero-order chi connectivity index (χ0) is 15.1. The Morgan fingerprint density at radius 1 is 1.00 bits per heavy atom. The van der Waals surface area contributed by atoms with Crippen LogP contribution < -0.4 is 5.32 Å². The highest BCUT2D eigenvalue weighted by Crippen LogP contribution is 2.14. The third kappa shape index (κ3) is 4.96. The Hall–Kier alpha value is -1.71. The molecule has 0 aliphatic heterocycles. The molecule has 0 saturated carbocycles. The van der Waals surface area contributed by atoms with Crippen molar-refractivity contribution in [2.24, 2.45) is 0 Å². The zero-order valence-corrected chi connectivity index (χ0v) is 12.3. The average molecular weight is 287 g/mol. The van der Waals surface area contributed by atoms with Crippen LogP contribution in [0.15, 0.2) is 48.5 Å². The molecule has 2 N–H and O–H groups in total. The summed E-state index contributed by atoms with van der Waals surface area (Å²) in [6.07, 6.45) is 1.67. The Labute approximate surface area is 125 Å². The molecule has 2 rings (SSSR count). The Morgan fingerprint density at radius 3 is 2.24 bits per heavy atom. The molecule has 0 bridgehead atoms. The molecule has 0 aromatic heterocycles. The average Bonchev–Trinajstić information content (AvgIpc) is 2.50. The van der Waals surface area contributed by atoms with Crippen molar-refractivity contribution in [3.8, 4) is 0 Å². The lowest BCUT2D eigenvalue weighted by Crippen LogP contribution is -2.21. The van der Waals surface area contributed by atoms with Crippen LogP contribution in [0.2, 0.25) is 0 Å². The van der Waals surface area contributed by atoms with E-state index in [1.54, 1.807) is 12.1 Å². The highest BCUT2D eigenvalue weighted by atomic mass is 19.1. The summed E-state index contributed by atoms with van der Waals surface area (Å²) in [5, 5.41) is 13.3. The van der Waals surface area contributed by atoms with Crippen LogP contribution in [0.5, 0.6) is 0 Å². The number of aliphatic hydroxyl groups excluding tert-OH is 1. The Kier molecular flexibility index (Phi) is 5.90. The second-order valence-electron chi connectivity index (χ2n) is 5.26. The van der Waals surface area contributed by atoms with Crippen LogP contribution in [0.3, 0.4) is 0 Å². The number of hydrogen-bond acceptors (Lipinski definition) is 2. The van der Waals surface area contributed by atoms with Crippen LogP contribution in [0.4, 0.5) is 4.39 Å². The fraction of sp³-hybridized carbons (Fsp3) is 0.333. The minimum absolute atomic E-state index is 0.231. The quantitative estimate of drug-likeness (QED) is 0.815. The predicted molar refractivity (Wildman–Crippen MR) is 83.5 cm³/mol. The molecule has 0 saturated heterocycles. The van der Waals surface area contributed by atoms with Crippen LogP contribution >= 0.6 is 0 Å². The summed E-state index contributed by atoms with van der Waals surface area (Å²) in [5.74, 6) is -0.231. The number of halogens is 1. The molecular formula is C18H22FNO. The minimum Gasteiger partial charge on any atom is -0.387 e. The monoisotopic (exact) mass is 287 g/mol. The molecule has 3 heteroatoms. The number of nitrogens with one attached hydrogen (secondary N) is 1. The lowest BCUT2D eigenvalue weighted by Gasteiger charge is -2.13. The lowest BCUT2D eigenvalue weighted by molar-refractivity contribution is 0.174. The predicted octanol–water partition coefficient (Wildman–Crippen LogP) is 3.60. The van der Waals surface area contributed by atoms with Gasteiger partial charge in [-0.3, -0.25) is 0 Å². The highest BCUT2D eigenvalue weighted by molar-refractivity contribution is 5.24. The van der Waals surface area contributed by atoms with Gasteiger partial charge in [0.05, 0.1) is 6.10 Å². The van der Waals surface area contributed by atoms with Gasteiger partial charge in [0.1, 0.15) is 5.82 Å². The van der Waals surface area contributed by atoms with Crippen molar-refractivity contribution in [2.75, 3.05) is 6.54 Å². The number of aryl methyl sites for hydroxylation is 1. The molecule has 0 spiro atoms. The van der Waals surface area contributed by atoms with Crippen molar-refractivity contribution in [3.63, 3.8) is 0 Å². The van der Waals surface area contributed by atoms with Gasteiger partial charge in [-0.2, -0.15) is 0 Å². The van der Waals surface area contributed by atoms with Gasteiger partial charge in [0, 0.05) is 13.1 Å². The first kappa shape index (κ1) is 15.7. The first-order valence-corrected chi connectivity index (χ1v) is 7.41. The van der Waals surface area contributed by atoms with E-state index < -0.39 is 6.10 Å². The van der Waals surface area contributed by atoms with Crippen molar-refractivity contribution in [1.82, 2.24) is 5.32 Å². The summed E-state index contributed by atoms with van der Waals surface area (Å²) < 4.78 is 12.8. The molecule has 0 heterocycles. The Morgan fingerprint density at radius 2 is 1.62 bits per heavy atom. The van der Waals surface area contributed by atoms with Crippen molar-refractivity contribution >= 4 is 0 Å². The summed E-state index contributed by atoms with van der Waals surface area (Å²) in [4.78, 5) is 0. The standard InChI is InChI=1S/C18H22FNO/c1-2-3-14-4-8-16(9-5-14)18(21)13-20-12-15-6-10-17(19)11-7-15/h4-11,18,20-21H,2-3,12-13H2,1H3. The summed E-state index contributed by atoms with van der Waals surface area (Å²) in [7, 11) is 0. The second kappa shape index (κ2) is 7.91. The molecule has 1 unspecified atom stereocenters. The maximum absolute atomic E-state index is 12.8. The summed E-state index contributed by atoms with van der Waals surface area (Å²) >= 11 is 0. The van der Waals surface area contributed by atoms with E-state index in [0.29, 0.717) is 13.1 Å². The maximum atomic E-state index is 12.8. The molecule has 2 aromatic carbocycles. The third-order valence-corrected chi connectivity index (χ3v) is 3.48. The van der Waals surface area contributed by atoms with E-state index in [0.717, 1.165) is 24.0 Å². The van der Waals surface area contributed by atoms with Crippen LogP contribution in [0, 0.1) is 5.82 Å². The molecule has 112 valence electrons. The topological polar surface area (TPSA) is 32.3 Å². The van der Waals surface area contributed by atoms with E-state index in [-0.39, 0.29) is 5.82 Å². The molecule has 0 aliphatic carbocycles. The number of rotatable bonds is 7. The van der Waals surface area contributed by atoms with E-state index in [1.165, 1.54) is 17.7 Å². The van der Waals surface area contributed by atoms with E-state index in [9.17, 15) is 9.50 Å². The summed E-state index contributed by atoms with van der Waals surface area (Å²) in [6, 6.07) is 14.5. The first-order chi connectivity index (χ1) is 10.2. The fourth-order valence-corrected chi connectivity index (χ4v) is 2.27. The molecule has 0 fully saturated rings. The van der Waals surface area contributed by atoms with Gasteiger partial charge in [0.15, 0.2) is 0 Å². The van der Waals surface area contributed by atoms with Crippen molar-refractivity contribution < 1.29 is 9.50 Å². The molecule has 0 aliphatic rings. The summed E-state index contributed by atoms with van der Waals surface area (Å²) in [6.45, 7) is 3.25. The van der Waals surface area contributed by atoms with Crippen LogP contribution in [-0.4, -0.2) is 11.7 Å². The minimum atomic E-state index is -0.527. The van der Waals surface area contributed by atoms with Gasteiger partial charge in [0.2, 0.25) is 0 Å². The molecule has 2 aromatic rings. The molecule has 1 atom stereocenters. The van der Waals surface area contributed by atoms with E-state index in [1.807, 2.05) is 12.1 Å².